The molecule has 0 saturated carbocycles. The van der Waals surface area contributed by atoms with E-state index in [4.69, 9.17) is 16.3 Å². The van der Waals surface area contributed by atoms with Gasteiger partial charge >= 0.3 is 0 Å². The molecule has 2 aromatic rings. The van der Waals surface area contributed by atoms with E-state index in [1.165, 1.54) is 0 Å². The van der Waals surface area contributed by atoms with E-state index in [0.29, 0.717) is 5.15 Å². The number of halogens is 1. The third-order valence-electron chi connectivity index (χ3n) is 3.02. The van der Waals surface area contributed by atoms with Crippen molar-refractivity contribution in [3.63, 3.8) is 0 Å². The summed E-state index contributed by atoms with van der Waals surface area (Å²) in [4.78, 5) is 4.47. The van der Waals surface area contributed by atoms with E-state index < -0.39 is 0 Å². The van der Waals surface area contributed by atoms with Crippen molar-refractivity contribution in [3.05, 3.63) is 35.0 Å². The summed E-state index contributed by atoms with van der Waals surface area (Å²) in [6.07, 6.45) is 1.00. The van der Waals surface area contributed by atoms with E-state index in [1.54, 1.807) is 0 Å². The summed E-state index contributed by atoms with van der Waals surface area (Å²) in [6.45, 7) is 9.25. The quantitative estimate of drug-likeness (QED) is 0.739. The van der Waals surface area contributed by atoms with Crippen LogP contribution in [0.5, 0.6) is 5.75 Å². The van der Waals surface area contributed by atoms with Gasteiger partial charge in [0.05, 0.1) is 12.1 Å². The molecule has 0 atom stereocenters. The van der Waals surface area contributed by atoms with Crippen molar-refractivity contribution in [1.82, 2.24) is 4.98 Å². The Morgan fingerprint density at radius 3 is 2.58 bits per heavy atom. The topological polar surface area (TPSA) is 22.1 Å². The Morgan fingerprint density at radius 1 is 1.21 bits per heavy atom. The summed E-state index contributed by atoms with van der Waals surface area (Å²) in [6, 6.07) is 8.05. The monoisotopic (exact) mass is 277 g/mol. The maximum absolute atomic E-state index is 6.27. The highest BCUT2D eigenvalue weighted by Crippen LogP contribution is 2.32. The van der Waals surface area contributed by atoms with E-state index in [2.05, 4.69) is 38.7 Å². The minimum atomic E-state index is -0.0153. The molecule has 0 radical (unpaired) electrons. The van der Waals surface area contributed by atoms with Crippen LogP contribution in [0.1, 0.15) is 39.7 Å². The minimum Gasteiger partial charge on any atom is -0.494 e. The predicted octanol–water partition coefficient (Wildman–Crippen LogP) is 4.97. The summed E-state index contributed by atoms with van der Waals surface area (Å²) in [5, 5.41) is 1.66. The molecule has 1 aromatic carbocycles. The zero-order valence-electron chi connectivity index (χ0n) is 12.0. The predicted molar refractivity (Wildman–Crippen MR) is 81.2 cm³/mol. The second-order valence-electron chi connectivity index (χ2n) is 5.78. The summed E-state index contributed by atoms with van der Waals surface area (Å²) in [5.74, 6) is 0.887. The van der Waals surface area contributed by atoms with Crippen LogP contribution >= 0.6 is 11.6 Å². The summed E-state index contributed by atoms with van der Waals surface area (Å²) in [7, 11) is 0. The van der Waals surface area contributed by atoms with Crippen LogP contribution in [0.25, 0.3) is 10.9 Å². The first-order valence-corrected chi connectivity index (χ1v) is 7.03. The standard InChI is InChI=1S/C16H20ClNO/c1-5-8-19-12-6-7-14-11(9-12)10-13(15(17)18-14)16(2,3)4/h6-7,9-10H,5,8H2,1-4H3. The third-order valence-corrected chi connectivity index (χ3v) is 3.31. The van der Waals surface area contributed by atoms with Crippen LogP contribution in [0.3, 0.4) is 0 Å². The van der Waals surface area contributed by atoms with Gasteiger partial charge in [0.25, 0.3) is 0 Å². The van der Waals surface area contributed by atoms with E-state index in [0.717, 1.165) is 35.2 Å². The lowest BCUT2D eigenvalue weighted by atomic mass is 9.87. The van der Waals surface area contributed by atoms with Gasteiger partial charge in [0.2, 0.25) is 0 Å². The van der Waals surface area contributed by atoms with Gasteiger partial charge in [0.15, 0.2) is 0 Å². The molecule has 0 bridgehead atoms. The first-order chi connectivity index (χ1) is 8.91. The van der Waals surface area contributed by atoms with Crippen LogP contribution in [0.15, 0.2) is 24.3 Å². The first-order valence-electron chi connectivity index (χ1n) is 6.65. The Bertz CT molecular complexity index is 587. The maximum Gasteiger partial charge on any atom is 0.133 e. The van der Waals surface area contributed by atoms with Gasteiger partial charge in [-0.2, -0.15) is 0 Å². The average Bonchev–Trinajstić information content (AvgIpc) is 2.34. The number of pyridine rings is 1. The van der Waals surface area contributed by atoms with E-state index in [9.17, 15) is 0 Å². The van der Waals surface area contributed by atoms with Gasteiger partial charge in [-0.1, -0.05) is 39.3 Å². The molecule has 1 heterocycles. The van der Waals surface area contributed by atoms with Gasteiger partial charge in [0, 0.05) is 5.39 Å². The lowest BCUT2D eigenvalue weighted by Gasteiger charge is -2.20. The molecule has 0 unspecified atom stereocenters. The molecule has 0 saturated heterocycles. The second-order valence-corrected chi connectivity index (χ2v) is 6.14. The number of fused-ring (bicyclic) bond motifs is 1. The smallest absolute Gasteiger partial charge is 0.133 e. The van der Waals surface area contributed by atoms with Crippen molar-refractivity contribution in [2.75, 3.05) is 6.61 Å². The number of hydrogen-bond donors (Lipinski definition) is 0. The normalized spacial score (nSPS) is 11.8. The van der Waals surface area contributed by atoms with Crippen LogP contribution in [0.4, 0.5) is 0 Å². The molecule has 0 amide bonds. The van der Waals surface area contributed by atoms with Crippen molar-refractivity contribution in [3.8, 4) is 5.75 Å². The number of rotatable bonds is 3. The SMILES string of the molecule is CCCOc1ccc2nc(Cl)c(C(C)(C)C)cc2c1. The fraction of sp³-hybridized carbons (Fsp3) is 0.438. The first kappa shape index (κ1) is 14.1. The Labute approximate surface area is 119 Å². The number of hydrogen-bond acceptors (Lipinski definition) is 2. The van der Waals surface area contributed by atoms with Crippen LogP contribution in [-0.4, -0.2) is 11.6 Å². The molecular weight excluding hydrogens is 258 g/mol. The fourth-order valence-corrected chi connectivity index (χ4v) is 2.40. The van der Waals surface area contributed by atoms with Crippen LogP contribution in [0.2, 0.25) is 5.15 Å². The molecule has 3 heteroatoms. The van der Waals surface area contributed by atoms with Crippen LogP contribution < -0.4 is 4.74 Å². The van der Waals surface area contributed by atoms with Crippen LogP contribution in [0, 0.1) is 0 Å². The van der Waals surface area contributed by atoms with Gasteiger partial charge in [-0.25, -0.2) is 4.98 Å². The molecule has 2 rings (SSSR count). The van der Waals surface area contributed by atoms with Crippen molar-refractivity contribution in [2.45, 2.75) is 39.5 Å². The Balaban J connectivity index is 2.49. The summed E-state index contributed by atoms with van der Waals surface area (Å²) < 4.78 is 5.66. The third kappa shape index (κ3) is 3.19. The van der Waals surface area contributed by atoms with Gasteiger partial charge in [-0.15, -0.1) is 0 Å². The van der Waals surface area contributed by atoms with Gasteiger partial charge in [-0.05, 0) is 41.7 Å². The molecule has 102 valence electrons. The molecule has 2 nitrogen and oxygen atoms in total. The highest BCUT2D eigenvalue weighted by atomic mass is 35.5. The fourth-order valence-electron chi connectivity index (χ4n) is 1.97. The van der Waals surface area contributed by atoms with E-state index in [-0.39, 0.29) is 5.41 Å². The highest BCUT2D eigenvalue weighted by Gasteiger charge is 2.19. The molecule has 0 fully saturated rings. The largest absolute Gasteiger partial charge is 0.494 e. The Hall–Kier alpha value is -1.28. The Kier molecular flexibility index (Phi) is 4.00. The van der Waals surface area contributed by atoms with Crippen molar-refractivity contribution in [1.29, 1.82) is 0 Å². The summed E-state index contributed by atoms with van der Waals surface area (Å²) in [5.41, 5.74) is 1.95. The molecule has 0 aliphatic rings. The molecular formula is C16H20ClNO. The van der Waals surface area contributed by atoms with E-state index >= 15 is 0 Å². The van der Waals surface area contributed by atoms with Gasteiger partial charge in [0.1, 0.15) is 10.9 Å². The molecule has 0 N–H and O–H groups in total. The van der Waals surface area contributed by atoms with Crippen molar-refractivity contribution in [2.24, 2.45) is 0 Å². The second kappa shape index (κ2) is 5.38. The minimum absolute atomic E-state index is 0.0153. The van der Waals surface area contributed by atoms with Crippen molar-refractivity contribution >= 4 is 22.5 Å². The van der Waals surface area contributed by atoms with Crippen molar-refractivity contribution < 1.29 is 4.74 Å². The van der Waals surface area contributed by atoms with Gasteiger partial charge in [-0.3, -0.25) is 0 Å². The average molecular weight is 278 g/mol. The molecule has 0 aliphatic carbocycles. The number of aromatic nitrogens is 1. The molecule has 0 aliphatic heterocycles. The lowest BCUT2D eigenvalue weighted by Crippen LogP contribution is -2.12. The zero-order chi connectivity index (χ0) is 14.0. The molecule has 1 aromatic heterocycles. The molecule has 19 heavy (non-hydrogen) atoms. The van der Waals surface area contributed by atoms with Crippen LogP contribution in [-0.2, 0) is 5.41 Å². The number of nitrogens with zero attached hydrogens (tertiary/aromatic N) is 1. The van der Waals surface area contributed by atoms with E-state index in [1.807, 2.05) is 18.2 Å². The maximum atomic E-state index is 6.27. The highest BCUT2D eigenvalue weighted by molar-refractivity contribution is 6.30. The zero-order valence-corrected chi connectivity index (χ0v) is 12.7. The summed E-state index contributed by atoms with van der Waals surface area (Å²) >= 11 is 6.27. The van der Waals surface area contributed by atoms with Gasteiger partial charge < -0.3 is 4.74 Å². The Morgan fingerprint density at radius 2 is 1.95 bits per heavy atom. The lowest BCUT2D eigenvalue weighted by molar-refractivity contribution is 0.318. The molecule has 0 spiro atoms. The number of benzene rings is 1. The number of ether oxygens (including phenoxy) is 1.